The minimum atomic E-state index is 0.214. The third kappa shape index (κ3) is 2.35. The van der Waals surface area contributed by atoms with Gasteiger partial charge in [-0.2, -0.15) is 5.10 Å². The first-order chi connectivity index (χ1) is 9.63. The standard InChI is InChI=1S/C15H24N4O/c1-16-14(20)13-4-3-5-15(13)6-7-19(11-15)10-12-8-17-18(2)9-12/h8-9,13H,3-7,10-11H2,1-2H3,(H,16,20)/t13-,15-/m1/s1. The zero-order valence-corrected chi connectivity index (χ0v) is 12.4. The normalized spacial score (nSPS) is 30.2. The molecule has 5 nitrogen and oxygen atoms in total. The fraction of sp³-hybridized carbons (Fsp3) is 0.733. The van der Waals surface area contributed by atoms with E-state index in [1.807, 2.05) is 17.9 Å². The summed E-state index contributed by atoms with van der Waals surface area (Å²) in [6, 6.07) is 0. The van der Waals surface area contributed by atoms with Crippen molar-refractivity contribution in [2.75, 3.05) is 20.1 Å². The second kappa shape index (κ2) is 5.20. The molecule has 2 atom stereocenters. The topological polar surface area (TPSA) is 50.2 Å². The van der Waals surface area contributed by atoms with E-state index >= 15 is 0 Å². The second-order valence-corrected chi connectivity index (χ2v) is 6.40. The Morgan fingerprint density at radius 3 is 3.10 bits per heavy atom. The van der Waals surface area contributed by atoms with Crippen molar-refractivity contribution in [1.29, 1.82) is 0 Å². The van der Waals surface area contributed by atoms with Gasteiger partial charge in [-0.25, -0.2) is 0 Å². The molecule has 1 aromatic heterocycles. The number of nitrogens with zero attached hydrogens (tertiary/aromatic N) is 3. The molecular weight excluding hydrogens is 252 g/mol. The Labute approximate surface area is 120 Å². The molecule has 1 aromatic rings. The zero-order chi connectivity index (χ0) is 14.2. The molecule has 110 valence electrons. The van der Waals surface area contributed by atoms with Crippen LogP contribution in [0.5, 0.6) is 0 Å². The summed E-state index contributed by atoms with van der Waals surface area (Å²) in [4.78, 5) is 14.6. The van der Waals surface area contributed by atoms with E-state index in [4.69, 9.17) is 0 Å². The van der Waals surface area contributed by atoms with Crippen molar-refractivity contribution in [1.82, 2.24) is 20.0 Å². The molecule has 1 saturated heterocycles. The van der Waals surface area contributed by atoms with E-state index < -0.39 is 0 Å². The first-order valence-corrected chi connectivity index (χ1v) is 7.54. The van der Waals surface area contributed by atoms with Crippen LogP contribution in [0.4, 0.5) is 0 Å². The summed E-state index contributed by atoms with van der Waals surface area (Å²) < 4.78 is 1.85. The third-order valence-electron chi connectivity index (χ3n) is 5.10. The van der Waals surface area contributed by atoms with Crippen LogP contribution in [0.25, 0.3) is 0 Å². The minimum absolute atomic E-state index is 0.214. The first kappa shape index (κ1) is 13.6. The number of rotatable bonds is 3. The van der Waals surface area contributed by atoms with Crippen molar-refractivity contribution in [2.45, 2.75) is 32.2 Å². The number of hydrogen-bond acceptors (Lipinski definition) is 3. The number of aromatic nitrogens is 2. The highest BCUT2D eigenvalue weighted by molar-refractivity contribution is 5.79. The highest BCUT2D eigenvalue weighted by Crippen LogP contribution is 2.49. The molecule has 1 aliphatic carbocycles. The fourth-order valence-electron chi connectivity index (χ4n) is 4.14. The fourth-order valence-corrected chi connectivity index (χ4v) is 4.14. The molecule has 5 heteroatoms. The van der Waals surface area contributed by atoms with E-state index in [0.29, 0.717) is 0 Å². The maximum Gasteiger partial charge on any atom is 0.223 e. The molecule has 0 aromatic carbocycles. The number of aryl methyl sites for hydroxylation is 1. The lowest BCUT2D eigenvalue weighted by Gasteiger charge is -2.30. The lowest BCUT2D eigenvalue weighted by Crippen LogP contribution is -2.39. The van der Waals surface area contributed by atoms with Gasteiger partial charge in [0.05, 0.1) is 6.20 Å². The van der Waals surface area contributed by atoms with Gasteiger partial charge < -0.3 is 5.32 Å². The van der Waals surface area contributed by atoms with Crippen molar-refractivity contribution >= 4 is 5.91 Å². The van der Waals surface area contributed by atoms with Gasteiger partial charge in [0.1, 0.15) is 0 Å². The van der Waals surface area contributed by atoms with Crippen LogP contribution < -0.4 is 5.32 Å². The molecule has 0 unspecified atom stereocenters. The first-order valence-electron chi connectivity index (χ1n) is 7.54. The maximum atomic E-state index is 12.1. The van der Waals surface area contributed by atoms with Crippen LogP contribution in [-0.4, -0.2) is 40.7 Å². The van der Waals surface area contributed by atoms with Crippen molar-refractivity contribution in [3.8, 4) is 0 Å². The molecule has 1 amide bonds. The Hall–Kier alpha value is -1.36. The van der Waals surface area contributed by atoms with E-state index in [-0.39, 0.29) is 17.2 Å². The van der Waals surface area contributed by atoms with Gasteiger partial charge in [-0.15, -0.1) is 0 Å². The molecule has 3 rings (SSSR count). The predicted octanol–water partition coefficient (Wildman–Crippen LogP) is 1.16. The van der Waals surface area contributed by atoms with E-state index in [1.54, 1.807) is 7.05 Å². The molecule has 1 N–H and O–H groups in total. The molecule has 20 heavy (non-hydrogen) atoms. The van der Waals surface area contributed by atoms with Crippen LogP contribution in [-0.2, 0) is 18.4 Å². The minimum Gasteiger partial charge on any atom is -0.359 e. The van der Waals surface area contributed by atoms with Crippen LogP contribution >= 0.6 is 0 Å². The van der Waals surface area contributed by atoms with E-state index in [1.165, 1.54) is 18.4 Å². The summed E-state index contributed by atoms with van der Waals surface area (Å²) in [6.07, 6.45) is 8.63. The summed E-state index contributed by atoms with van der Waals surface area (Å²) in [5.41, 5.74) is 1.49. The largest absolute Gasteiger partial charge is 0.359 e. The van der Waals surface area contributed by atoms with Crippen LogP contribution in [0.2, 0.25) is 0 Å². The van der Waals surface area contributed by atoms with E-state index in [2.05, 4.69) is 21.5 Å². The molecule has 2 aliphatic rings. The summed E-state index contributed by atoms with van der Waals surface area (Å²) in [7, 11) is 3.71. The van der Waals surface area contributed by atoms with Crippen molar-refractivity contribution in [3.63, 3.8) is 0 Å². The number of amides is 1. The average molecular weight is 276 g/mol. The van der Waals surface area contributed by atoms with Gasteiger partial charge in [0, 0.05) is 44.9 Å². The van der Waals surface area contributed by atoms with E-state index in [0.717, 1.165) is 32.5 Å². The van der Waals surface area contributed by atoms with Crippen molar-refractivity contribution in [2.24, 2.45) is 18.4 Å². The Morgan fingerprint density at radius 1 is 1.55 bits per heavy atom. The monoisotopic (exact) mass is 276 g/mol. The number of carbonyl (C=O) groups excluding carboxylic acids is 1. The smallest absolute Gasteiger partial charge is 0.223 e. The highest BCUT2D eigenvalue weighted by atomic mass is 16.1. The predicted molar refractivity (Wildman–Crippen MR) is 76.9 cm³/mol. The Bertz CT molecular complexity index is 498. The molecule has 1 spiro atoms. The van der Waals surface area contributed by atoms with Crippen LogP contribution in [0, 0.1) is 11.3 Å². The summed E-state index contributed by atoms with van der Waals surface area (Å²) in [6.45, 7) is 3.11. The molecule has 1 saturated carbocycles. The molecule has 2 heterocycles. The lowest BCUT2D eigenvalue weighted by molar-refractivity contribution is -0.127. The average Bonchev–Trinajstić information content (AvgIpc) is 3.13. The van der Waals surface area contributed by atoms with Gasteiger partial charge in [-0.05, 0) is 31.2 Å². The molecular formula is C15H24N4O. The molecule has 1 aliphatic heterocycles. The zero-order valence-electron chi connectivity index (χ0n) is 12.4. The van der Waals surface area contributed by atoms with Gasteiger partial charge in [-0.1, -0.05) is 6.42 Å². The molecule has 0 bridgehead atoms. The number of nitrogens with one attached hydrogen (secondary N) is 1. The third-order valence-corrected chi connectivity index (χ3v) is 5.10. The van der Waals surface area contributed by atoms with Crippen LogP contribution in [0.15, 0.2) is 12.4 Å². The van der Waals surface area contributed by atoms with Gasteiger partial charge >= 0.3 is 0 Å². The Morgan fingerprint density at radius 2 is 2.40 bits per heavy atom. The van der Waals surface area contributed by atoms with Crippen LogP contribution in [0.3, 0.4) is 0 Å². The second-order valence-electron chi connectivity index (χ2n) is 6.40. The van der Waals surface area contributed by atoms with Gasteiger partial charge in [0.15, 0.2) is 0 Å². The van der Waals surface area contributed by atoms with Gasteiger partial charge in [0.2, 0.25) is 5.91 Å². The lowest BCUT2D eigenvalue weighted by atomic mass is 9.76. The van der Waals surface area contributed by atoms with Crippen molar-refractivity contribution < 1.29 is 4.79 Å². The number of carbonyl (C=O) groups is 1. The summed E-state index contributed by atoms with van der Waals surface area (Å²) in [5.74, 6) is 0.456. The Kier molecular flexibility index (Phi) is 3.54. The number of likely N-dealkylation sites (tertiary alicyclic amines) is 1. The van der Waals surface area contributed by atoms with Crippen LogP contribution in [0.1, 0.15) is 31.2 Å². The van der Waals surface area contributed by atoms with Gasteiger partial charge in [0.25, 0.3) is 0 Å². The SMILES string of the molecule is CNC(=O)[C@H]1CCC[C@]12CCN(Cc1cnn(C)c1)C2. The molecule has 2 fully saturated rings. The summed E-state index contributed by atoms with van der Waals surface area (Å²) >= 11 is 0. The molecule has 0 radical (unpaired) electrons. The summed E-state index contributed by atoms with van der Waals surface area (Å²) in [5, 5.41) is 7.09. The maximum absolute atomic E-state index is 12.1. The number of hydrogen-bond donors (Lipinski definition) is 1. The van der Waals surface area contributed by atoms with Gasteiger partial charge in [-0.3, -0.25) is 14.4 Å². The van der Waals surface area contributed by atoms with E-state index in [9.17, 15) is 4.79 Å². The quantitative estimate of drug-likeness (QED) is 0.901. The van der Waals surface area contributed by atoms with Crippen molar-refractivity contribution in [3.05, 3.63) is 18.0 Å². The Balaban J connectivity index is 1.67. The highest BCUT2D eigenvalue weighted by Gasteiger charge is 2.49.